The molecule has 2 aromatic heterocycles. The molecule has 1 saturated carbocycles. The molecule has 3 rings (SSSR count). The lowest BCUT2D eigenvalue weighted by Crippen LogP contribution is -2.08. The summed E-state index contributed by atoms with van der Waals surface area (Å²) >= 11 is 0. The van der Waals surface area contributed by atoms with E-state index in [1.807, 2.05) is 30.9 Å². The largest absolute Gasteiger partial charge is 0.384 e. The molecular weight excluding hydrogens is 248 g/mol. The molecule has 106 valence electrons. The van der Waals surface area contributed by atoms with Gasteiger partial charge in [0, 0.05) is 17.8 Å². The van der Waals surface area contributed by atoms with Gasteiger partial charge >= 0.3 is 0 Å². The van der Waals surface area contributed by atoms with E-state index in [1.54, 1.807) is 0 Å². The summed E-state index contributed by atoms with van der Waals surface area (Å²) in [5.74, 6) is 1.41. The number of anilines is 1. The zero-order valence-electron chi connectivity index (χ0n) is 12.0. The molecular formula is C16H22N4. The Bertz CT molecular complexity index is 558. The topological polar surface area (TPSA) is 56.7 Å². The zero-order chi connectivity index (χ0) is 13.9. The van der Waals surface area contributed by atoms with Gasteiger partial charge < -0.3 is 10.3 Å². The number of rotatable bonds is 2. The Kier molecular flexibility index (Phi) is 3.72. The van der Waals surface area contributed by atoms with Crippen LogP contribution < -0.4 is 5.73 Å². The average Bonchev–Trinajstić information content (AvgIpc) is 2.83. The summed E-state index contributed by atoms with van der Waals surface area (Å²) in [5, 5.41) is 0. The fourth-order valence-electron chi connectivity index (χ4n) is 3.12. The van der Waals surface area contributed by atoms with Gasteiger partial charge in [0.1, 0.15) is 5.82 Å². The van der Waals surface area contributed by atoms with E-state index in [0.717, 1.165) is 17.2 Å². The molecule has 1 aliphatic carbocycles. The fourth-order valence-corrected chi connectivity index (χ4v) is 3.12. The van der Waals surface area contributed by atoms with Crippen LogP contribution in [0.25, 0.3) is 11.3 Å². The Balaban J connectivity index is 1.87. The van der Waals surface area contributed by atoms with Gasteiger partial charge in [-0.05, 0) is 37.3 Å². The summed E-state index contributed by atoms with van der Waals surface area (Å²) < 4.78 is 2.32. The van der Waals surface area contributed by atoms with Gasteiger partial charge in [0.05, 0.1) is 18.2 Å². The van der Waals surface area contributed by atoms with Gasteiger partial charge in [-0.3, -0.25) is 0 Å². The Labute approximate surface area is 120 Å². The van der Waals surface area contributed by atoms with Gasteiger partial charge in [-0.15, -0.1) is 0 Å². The third kappa shape index (κ3) is 2.69. The van der Waals surface area contributed by atoms with Crippen LogP contribution in [0.5, 0.6) is 0 Å². The fraction of sp³-hybridized carbons (Fsp3) is 0.500. The molecule has 0 aliphatic heterocycles. The zero-order valence-corrected chi connectivity index (χ0v) is 12.0. The van der Waals surface area contributed by atoms with Gasteiger partial charge in [-0.2, -0.15) is 0 Å². The van der Waals surface area contributed by atoms with Crippen molar-refractivity contribution in [3.8, 4) is 11.3 Å². The first-order valence-corrected chi connectivity index (χ1v) is 7.48. The highest BCUT2D eigenvalue weighted by atomic mass is 15.1. The van der Waals surface area contributed by atoms with Crippen molar-refractivity contribution in [3.63, 3.8) is 0 Å². The molecule has 4 heteroatoms. The lowest BCUT2D eigenvalue weighted by atomic mass is 10.0. The van der Waals surface area contributed by atoms with Crippen molar-refractivity contribution in [2.75, 3.05) is 5.73 Å². The predicted molar refractivity (Wildman–Crippen MR) is 81.2 cm³/mol. The number of pyridine rings is 1. The molecule has 4 nitrogen and oxygen atoms in total. The summed E-state index contributed by atoms with van der Waals surface area (Å²) in [6, 6.07) is 4.44. The van der Waals surface area contributed by atoms with E-state index < -0.39 is 0 Å². The molecule has 0 amide bonds. The molecule has 20 heavy (non-hydrogen) atoms. The van der Waals surface area contributed by atoms with Gasteiger partial charge in [-0.1, -0.05) is 19.8 Å². The van der Waals surface area contributed by atoms with Crippen molar-refractivity contribution in [1.29, 1.82) is 0 Å². The minimum atomic E-state index is 0.558. The Morgan fingerprint density at radius 1 is 1.15 bits per heavy atom. The second-order valence-corrected chi connectivity index (χ2v) is 5.93. The first kappa shape index (κ1) is 13.2. The number of nitrogen functional groups attached to an aromatic ring is 1. The summed E-state index contributed by atoms with van der Waals surface area (Å²) in [6.45, 7) is 2.36. The summed E-state index contributed by atoms with van der Waals surface area (Å²) in [4.78, 5) is 8.54. The van der Waals surface area contributed by atoms with E-state index in [-0.39, 0.29) is 0 Å². The maximum atomic E-state index is 5.66. The third-order valence-corrected chi connectivity index (χ3v) is 4.37. The van der Waals surface area contributed by atoms with Gasteiger partial charge in [0.2, 0.25) is 0 Å². The second-order valence-electron chi connectivity index (χ2n) is 5.93. The van der Waals surface area contributed by atoms with Crippen molar-refractivity contribution >= 4 is 5.82 Å². The molecule has 2 heterocycles. The van der Waals surface area contributed by atoms with Crippen molar-refractivity contribution in [1.82, 2.24) is 14.5 Å². The molecule has 2 N–H and O–H groups in total. The maximum absolute atomic E-state index is 5.66. The van der Waals surface area contributed by atoms with Crippen LogP contribution in [0.4, 0.5) is 5.82 Å². The normalized spacial score (nSPS) is 23.4. The molecule has 0 spiro atoms. The standard InChI is InChI=1S/C16H22N4/c1-12-3-2-4-14(7-5-12)20-11-18-10-15(20)13-6-8-16(17)19-9-13/h6,8-12,14H,2-5,7H2,1H3,(H2,17,19). The highest BCUT2D eigenvalue weighted by molar-refractivity contribution is 5.59. The number of hydrogen-bond donors (Lipinski definition) is 1. The van der Waals surface area contributed by atoms with Crippen molar-refractivity contribution in [2.45, 2.75) is 45.1 Å². The van der Waals surface area contributed by atoms with E-state index in [1.165, 1.54) is 32.1 Å². The predicted octanol–water partition coefficient (Wildman–Crippen LogP) is 3.67. The number of nitrogens with two attached hydrogens (primary N) is 1. The maximum Gasteiger partial charge on any atom is 0.123 e. The van der Waals surface area contributed by atoms with E-state index >= 15 is 0 Å². The molecule has 0 saturated heterocycles. The highest BCUT2D eigenvalue weighted by Crippen LogP contribution is 2.33. The SMILES string of the molecule is CC1CCCC(n2cncc2-c2ccc(N)nc2)CC1. The number of aromatic nitrogens is 3. The number of hydrogen-bond acceptors (Lipinski definition) is 3. The van der Waals surface area contributed by atoms with E-state index in [9.17, 15) is 0 Å². The number of nitrogens with zero attached hydrogens (tertiary/aromatic N) is 3. The summed E-state index contributed by atoms with van der Waals surface area (Å²) in [7, 11) is 0. The number of imidazole rings is 1. The minimum absolute atomic E-state index is 0.558. The van der Waals surface area contributed by atoms with Crippen LogP contribution in [0.3, 0.4) is 0 Å². The first-order valence-electron chi connectivity index (χ1n) is 7.48. The van der Waals surface area contributed by atoms with Crippen molar-refractivity contribution < 1.29 is 0 Å². The smallest absolute Gasteiger partial charge is 0.123 e. The lowest BCUT2D eigenvalue weighted by molar-refractivity contribution is 0.435. The Hall–Kier alpha value is -1.84. The van der Waals surface area contributed by atoms with E-state index in [0.29, 0.717) is 11.9 Å². The van der Waals surface area contributed by atoms with Crippen LogP contribution in [-0.4, -0.2) is 14.5 Å². The van der Waals surface area contributed by atoms with Crippen LogP contribution >= 0.6 is 0 Å². The highest BCUT2D eigenvalue weighted by Gasteiger charge is 2.19. The molecule has 1 aliphatic rings. The van der Waals surface area contributed by atoms with E-state index in [2.05, 4.69) is 21.5 Å². The summed E-state index contributed by atoms with van der Waals surface area (Å²) in [6.07, 6.45) is 12.2. The van der Waals surface area contributed by atoms with Crippen LogP contribution in [0.1, 0.15) is 45.1 Å². The molecule has 0 aromatic carbocycles. The first-order chi connectivity index (χ1) is 9.74. The third-order valence-electron chi connectivity index (χ3n) is 4.37. The Morgan fingerprint density at radius 3 is 2.85 bits per heavy atom. The van der Waals surface area contributed by atoms with Crippen LogP contribution in [0.15, 0.2) is 30.9 Å². The monoisotopic (exact) mass is 270 g/mol. The quantitative estimate of drug-likeness (QED) is 0.847. The summed E-state index contributed by atoms with van der Waals surface area (Å²) in [5.41, 5.74) is 7.91. The van der Waals surface area contributed by atoms with Crippen LogP contribution in [-0.2, 0) is 0 Å². The molecule has 2 unspecified atom stereocenters. The Morgan fingerprint density at radius 2 is 2.05 bits per heavy atom. The van der Waals surface area contributed by atoms with Gasteiger partial charge in [0.15, 0.2) is 0 Å². The van der Waals surface area contributed by atoms with Gasteiger partial charge in [0.25, 0.3) is 0 Å². The van der Waals surface area contributed by atoms with Crippen LogP contribution in [0, 0.1) is 5.92 Å². The molecule has 2 aromatic rings. The molecule has 0 radical (unpaired) electrons. The van der Waals surface area contributed by atoms with Crippen molar-refractivity contribution in [3.05, 3.63) is 30.9 Å². The van der Waals surface area contributed by atoms with Gasteiger partial charge in [-0.25, -0.2) is 9.97 Å². The molecule has 1 fully saturated rings. The molecule has 0 bridgehead atoms. The lowest BCUT2D eigenvalue weighted by Gasteiger charge is -2.19. The van der Waals surface area contributed by atoms with Crippen molar-refractivity contribution in [2.24, 2.45) is 5.92 Å². The van der Waals surface area contributed by atoms with E-state index in [4.69, 9.17) is 5.73 Å². The minimum Gasteiger partial charge on any atom is -0.384 e. The van der Waals surface area contributed by atoms with Crippen LogP contribution in [0.2, 0.25) is 0 Å². The average molecular weight is 270 g/mol. The molecule has 2 atom stereocenters. The second kappa shape index (κ2) is 5.65.